The molecule has 1 aromatic carbocycles. The molecule has 0 fully saturated rings. The molecular weight excluding hydrogens is 338 g/mol. The summed E-state index contributed by atoms with van der Waals surface area (Å²) < 4.78 is 29.7. The average molecular weight is 360 g/mol. The van der Waals surface area contributed by atoms with Crippen LogP contribution in [0, 0.1) is 0 Å². The van der Waals surface area contributed by atoms with Crippen LogP contribution in [-0.4, -0.2) is 24.0 Å². The van der Waals surface area contributed by atoms with E-state index in [1.807, 2.05) is 12.1 Å². The number of benzene rings is 1. The van der Waals surface area contributed by atoms with E-state index >= 15 is 0 Å². The number of guanidine groups is 1. The van der Waals surface area contributed by atoms with Gasteiger partial charge in [0.15, 0.2) is 12.6 Å². The number of halogens is 2. The van der Waals surface area contributed by atoms with Crippen molar-refractivity contribution < 1.29 is 13.5 Å². The van der Waals surface area contributed by atoms with Crippen molar-refractivity contribution in [3.63, 3.8) is 0 Å². The smallest absolute Gasteiger partial charge is 0.272 e. The Labute approximate surface area is 151 Å². The molecule has 1 aliphatic rings. The standard InChI is InChI=1S/C19H22F2N4O/c20-17(21)12-26-18-14(7-4-10-23-18)11-24-19(22)25-16-9-3-6-13-5-1-2-8-15(13)16/h3-4,6-7,9-10,17H,1-2,5,8,11-12H2,(H3,22,24,25). The number of rotatable bonds is 6. The number of aromatic nitrogens is 1. The van der Waals surface area contributed by atoms with Crippen LogP contribution in [0.5, 0.6) is 5.88 Å². The number of alkyl halides is 2. The van der Waals surface area contributed by atoms with Gasteiger partial charge in [-0.2, -0.15) is 0 Å². The predicted octanol–water partition coefficient (Wildman–Crippen LogP) is 3.53. The van der Waals surface area contributed by atoms with Crippen molar-refractivity contribution in [3.05, 3.63) is 53.2 Å². The molecule has 0 radical (unpaired) electrons. The van der Waals surface area contributed by atoms with Gasteiger partial charge >= 0.3 is 0 Å². The average Bonchev–Trinajstić information content (AvgIpc) is 2.65. The van der Waals surface area contributed by atoms with E-state index in [-0.39, 0.29) is 18.4 Å². The Balaban J connectivity index is 1.68. The van der Waals surface area contributed by atoms with Crippen LogP contribution in [0.3, 0.4) is 0 Å². The third-order valence-corrected chi connectivity index (χ3v) is 4.27. The predicted molar refractivity (Wildman–Crippen MR) is 97.8 cm³/mol. The fourth-order valence-electron chi connectivity index (χ4n) is 3.06. The maximum Gasteiger partial charge on any atom is 0.272 e. The minimum Gasteiger partial charge on any atom is -0.471 e. The highest BCUT2D eigenvalue weighted by Gasteiger charge is 2.13. The summed E-state index contributed by atoms with van der Waals surface area (Å²) in [6, 6.07) is 9.59. The number of nitrogens with one attached hydrogen (secondary N) is 1. The van der Waals surface area contributed by atoms with Crippen molar-refractivity contribution in [2.75, 3.05) is 11.9 Å². The van der Waals surface area contributed by atoms with Gasteiger partial charge in [-0.15, -0.1) is 0 Å². The second kappa shape index (κ2) is 8.60. The van der Waals surface area contributed by atoms with Crippen LogP contribution in [0.4, 0.5) is 14.5 Å². The van der Waals surface area contributed by atoms with Gasteiger partial charge in [0.1, 0.15) is 0 Å². The van der Waals surface area contributed by atoms with E-state index in [0.29, 0.717) is 5.56 Å². The number of nitrogens with two attached hydrogens (primary N) is 1. The summed E-state index contributed by atoms with van der Waals surface area (Å²) in [6.07, 6.45) is 3.43. The fourth-order valence-corrected chi connectivity index (χ4v) is 3.06. The van der Waals surface area contributed by atoms with Gasteiger partial charge in [0, 0.05) is 17.4 Å². The zero-order valence-corrected chi connectivity index (χ0v) is 14.4. The van der Waals surface area contributed by atoms with Crippen molar-refractivity contribution in [1.29, 1.82) is 0 Å². The van der Waals surface area contributed by atoms with E-state index in [9.17, 15) is 8.78 Å². The second-order valence-electron chi connectivity index (χ2n) is 6.15. The minimum atomic E-state index is -2.55. The quantitative estimate of drug-likeness (QED) is 0.611. The Hall–Kier alpha value is -2.70. The molecule has 0 amide bonds. The van der Waals surface area contributed by atoms with Gasteiger partial charge in [-0.25, -0.2) is 18.8 Å². The molecule has 1 heterocycles. The first-order chi connectivity index (χ1) is 12.6. The van der Waals surface area contributed by atoms with Gasteiger partial charge < -0.3 is 15.8 Å². The first kappa shape index (κ1) is 18.1. The van der Waals surface area contributed by atoms with Gasteiger partial charge in [-0.1, -0.05) is 18.2 Å². The number of aryl methyl sites for hydroxylation is 1. The highest BCUT2D eigenvalue weighted by Crippen LogP contribution is 2.27. The van der Waals surface area contributed by atoms with Gasteiger partial charge in [-0.05, 0) is 48.9 Å². The van der Waals surface area contributed by atoms with Crippen molar-refractivity contribution in [2.45, 2.75) is 38.7 Å². The lowest BCUT2D eigenvalue weighted by Crippen LogP contribution is -2.24. The first-order valence-corrected chi connectivity index (χ1v) is 8.66. The lowest BCUT2D eigenvalue weighted by Gasteiger charge is -2.19. The molecule has 1 aromatic heterocycles. The summed E-state index contributed by atoms with van der Waals surface area (Å²) in [5, 5.41) is 3.16. The molecule has 0 spiro atoms. The van der Waals surface area contributed by atoms with Crippen LogP contribution < -0.4 is 15.8 Å². The normalized spacial score (nSPS) is 14.2. The Morgan fingerprint density at radius 1 is 1.23 bits per heavy atom. The Morgan fingerprint density at radius 2 is 2.08 bits per heavy atom. The molecule has 0 saturated heterocycles. The number of fused-ring (bicyclic) bond motifs is 1. The molecule has 1 aliphatic carbocycles. The van der Waals surface area contributed by atoms with Crippen LogP contribution in [0.15, 0.2) is 41.5 Å². The van der Waals surface area contributed by atoms with Crippen molar-refractivity contribution in [3.8, 4) is 5.88 Å². The molecule has 26 heavy (non-hydrogen) atoms. The molecular formula is C19H22F2N4O. The topological polar surface area (TPSA) is 72.5 Å². The molecule has 3 N–H and O–H groups in total. The molecule has 5 nitrogen and oxygen atoms in total. The Bertz CT molecular complexity index is 780. The van der Waals surface area contributed by atoms with E-state index in [2.05, 4.69) is 21.4 Å². The Morgan fingerprint density at radius 3 is 2.92 bits per heavy atom. The van der Waals surface area contributed by atoms with Gasteiger partial charge in [-0.3, -0.25) is 0 Å². The number of ether oxygens (including phenoxy) is 1. The fraction of sp³-hybridized carbons (Fsp3) is 0.368. The zero-order chi connectivity index (χ0) is 18.4. The summed E-state index contributed by atoms with van der Waals surface area (Å²) in [5.74, 6) is 0.425. The van der Waals surface area contributed by atoms with Crippen LogP contribution in [0.25, 0.3) is 0 Å². The number of pyridine rings is 1. The van der Waals surface area contributed by atoms with Crippen molar-refractivity contribution in [2.24, 2.45) is 10.7 Å². The molecule has 0 unspecified atom stereocenters. The van der Waals surface area contributed by atoms with Gasteiger partial charge in [0.2, 0.25) is 5.88 Å². The van der Waals surface area contributed by atoms with Crippen LogP contribution in [0.1, 0.15) is 29.5 Å². The molecule has 3 rings (SSSR count). The molecule has 7 heteroatoms. The number of hydrogen-bond acceptors (Lipinski definition) is 3. The summed E-state index contributed by atoms with van der Waals surface area (Å²) >= 11 is 0. The summed E-state index contributed by atoms with van der Waals surface area (Å²) in [5.41, 5.74) is 10.2. The molecule has 0 atom stereocenters. The highest BCUT2D eigenvalue weighted by atomic mass is 19.3. The number of anilines is 1. The van der Waals surface area contributed by atoms with E-state index < -0.39 is 13.0 Å². The van der Waals surface area contributed by atoms with Gasteiger partial charge in [0.25, 0.3) is 6.43 Å². The summed E-state index contributed by atoms with van der Waals surface area (Å²) in [7, 11) is 0. The molecule has 138 valence electrons. The summed E-state index contributed by atoms with van der Waals surface area (Å²) in [6.45, 7) is -0.502. The minimum absolute atomic E-state index is 0.154. The summed E-state index contributed by atoms with van der Waals surface area (Å²) in [4.78, 5) is 8.29. The van der Waals surface area contributed by atoms with Gasteiger partial charge in [0.05, 0.1) is 6.54 Å². The lowest BCUT2D eigenvalue weighted by atomic mass is 9.90. The maximum absolute atomic E-state index is 12.3. The number of aliphatic imine (C=N–C) groups is 1. The number of hydrogen-bond donors (Lipinski definition) is 2. The third-order valence-electron chi connectivity index (χ3n) is 4.27. The number of nitrogens with zero attached hydrogens (tertiary/aromatic N) is 2. The SMILES string of the molecule is NC(=NCc1cccnc1OCC(F)F)Nc1cccc2c1CCCC2. The van der Waals surface area contributed by atoms with E-state index in [1.54, 1.807) is 12.1 Å². The Kier molecular flexibility index (Phi) is 5.99. The van der Waals surface area contributed by atoms with E-state index in [0.717, 1.165) is 18.5 Å². The third kappa shape index (κ3) is 4.68. The maximum atomic E-state index is 12.3. The van der Waals surface area contributed by atoms with Crippen molar-refractivity contribution >= 4 is 11.6 Å². The van der Waals surface area contributed by atoms with E-state index in [1.165, 1.54) is 30.2 Å². The van der Waals surface area contributed by atoms with Crippen LogP contribution in [-0.2, 0) is 19.4 Å². The monoisotopic (exact) mass is 360 g/mol. The zero-order valence-electron chi connectivity index (χ0n) is 14.4. The van der Waals surface area contributed by atoms with E-state index in [4.69, 9.17) is 10.5 Å². The largest absolute Gasteiger partial charge is 0.471 e. The lowest BCUT2D eigenvalue weighted by molar-refractivity contribution is 0.0791. The molecule has 2 aromatic rings. The first-order valence-electron chi connectivity index (χ1n) is 8.66. The van der Waals surface area contributed by atoms with Crippen molar-refractivity contribution in [1.82, 2.24) is 4.98 Å². The molecule has 0 aliphatic heterocycles. The van der Waals surface area contributed by atoms with Crippen LogP contribution in [0.2, 0.25) is 0 Å². The second-order valence-corrected chi connectivity index (χ2v) is 6.15. The molecule has 0 saturated carbocycles. The van der Waals surface area contributed by atoms with Crippen LogP contribution >= 0.6 is 0 Å². The molecule has 0 bridgehead atoms. The highest BCUT2D eigenvalue weighted by molar-refractivity contribution is 5.93.